The third kappa shape index (κ3) is 2.95. The van der Waals surface area contributed by atoms with Crippen molar-refractivity contribution in [2.24, 2.45) is 0 Å². The SMILES string of the molecule is Cc1ccc(C(=O)OC(C)(C)c2ccncc2)c2ccccc12. The number of carbonyl (C=O) groups is 1. The number of hydrogen-bond acceptors (Lipinski definition) is 3. The van der Waals surface area contributed by atoms with Crippen molar-refractivity contribution in [3.63, 3.8) is 0 Å². The zero-order valence-corrected chi connectivity index (χ0v) is 13.5. The largest absolute Gasteiger partial charge is 0.451 e. The molecule has 3 nitrogen and oxygen atoms in total. The van der Waals surface area contributed by atoms with Crippen molar-refractivity contribution >= 4 is 16.7 Å². The Hall–Kier alpha value is -2.68. The highest BCUT2D eigenvalue weighted by Crippen LogP contribution is 2.28. The molecule has 0 N–H and O–H groups in total. The topological polar surface area (TPSA) is 39.2 Å². The third-order valence-electron chi connectivity index (χ3n) is 4.09. The molecule has 0 bridgehead atoms. The summed E-state index contributed by atoms with van der Waals surface area (Å²) in [6.45, 7) is 5.81. The average molecular weight is 305 g/mol. The van der Waals surface area contributed by atoms with Crippen molar-refractivity contribution in [1.82, 2.24) is 4.98 Å². The van der Waals surface area contributed by atoms with Crippen molar-refractivity contribution in [2.75, 3.05) is 0 Å². The number of carbonyl (C=O) groups excluding carboxylic acids is 1. The van der Waals surface area contributed by atoms with Crippen molar-refractivity contribution in [2.45, 2.75) is 26.4 Å². The minimum absolute atomic E-state index is 0.317. The summed E-state index contributed by atoms with van der Waals surface area (Å²) in [6, 6.07) is 15.4. The van der Waals surface area contributed by atoms with Gasteiger partial charge in [-0.15, -0.1) is 0 Å². The Bertz CT molecular complexity index is 854. The zero-order chi connectivity index (χ0) is 16.4. The normalized spacial score (nSPS) is 11.4. The van der Waals surface area contributed by atoms with Gasteiger partial charge in [0.1, 0.15) is 5.60 Å². The molecule has 0 fully saturated rings. The molecule has 0 unspecified atom stereocenters. The zero-order valence-electron chi connectivity index (χ0n) is 13.5. The Labute approximate surface area is 135 Å². The Morgan fingerprint density at radius 2 is 1.61 bits per heavy atom. The second-order valence-corrected chi connectivity index (χ2v) is 6.11. The molecule has 0 amide bonds. The maximum atomic E-state index is 12.7. The number of esters is 1. The van der Waals surface area contributed by atoms with Gasteiger partial charge in [-0.1, -0.05) is 30.3 Å². The molecule has 0 saturated heterocycles. The molecule has 116 valence electrons. The molecule has 2 aromatic carbocycles. The summed E-state index contributed by atoms with van der Waals surface area (Å²) < 4.78 is 5.79. The molecule has 0 aliphatic heterocycles. The van der Waals surface area contributed by atoms with E-state index in [1.807, 2.05) is 69.3 Å². The lowest BCUT2D eigenvalue weighted by Crippen LogP contribution is -2.25. The first-order chi connectivity index (χ1) is 11.0. The number of nitrogens with zero attached hydrogens (tertiary/aromatic N) is 1. The van der Waals surface area contributed by atoms with E-state index in [0.29, 0.717) is 5.56 Å². The number of aromatic nitrogens is 1. The first kappa shape index (κ1) is 15.2. The molecule has 1 aromatic heterocycles. The first-order valence-electron chi connectivity index (χ1n) is 7.61. The van der Waals surface area contributed by atoms with Gasteiger partial charge in [-0.3, -0.25) is 4.98 Å². The number of fused-ring (bicyclic) bond motifs is 1. The highest BCUT2D eigenvalue weighted by atomic mass is 16.6. The monoisotopic (exact) mass is 305 g/mol. The average Bonchev–Trinajstić information content (AvgIpc) is 2.56. The van der Waals surface area contributed by atoms with Crippen LogP contribution in [0.5, 0.6) is 0 Å². The Morgan fingerprint density at radius 3 is 2.30 bits per heavy atom. The van der Waals surface area contributed by atoms with E-state index in [-0.39, 0.29) is 5.97 Å². The smallest absolute Gasteiger partial charge is 0.339 e. The quantitative estimate of drug-likeness (QED) is 0.662. The van der Waals surface area contributed by atoms with Crippen molar-refractivity contribution in [3.8, 4) is 0 Å². The molecule has 0 aliphatic carbocycles. The summed E-state index contributed by atoms with van der Waals surface area (Å²) in [5, 5.41) is 1.99. The van der Waals surface area contributed by atoms with Gasteiger partial charge in [0, 0.05) is 12.4 Å². The molecule has 3 rings (SSSR count). The number of rotatable bonds is 3. The Kier molecular flexibility index (Phi) is 3.87. The first-order valence-corrected chi connectivity index (χ1v) is 7.61. The van der Waals surface area contributed by atoms with Crippen LogP contribution in [0.4, 0.5) is 0 Å². The summed E-state index contributed by atoms with van der Waals surface area (Å²) in [7, 11) is 0. The van der Waals surface area contributed by atoms with Crippen LogP contribution in [0.2, 0.25) is 0 Å². The van der Waals surface area contributed by atoms with E-state index in [1.54, 1.807) is 12.4 Å². The summed E-state index contributed by atoms with van der Waals surface area (Å²) in [6.07, 6.45) is 3.40. The van der Waals surface area contributed by atoms with Gasteiger partial charge in [0.05, 0.1) is 5.56 Å². The van der Waals surface area contributed by atoms with Gasteiger partial charge in [0.15, 0.2) is 0 Å². The van der Waals surface area contributed by atoms with Crippen LogP contribution in [0.15, 0.2) is 60.9 Å². The van der Waals surface area contributed by atoms with E-state index in [1.165, 1.54) is 0 Å². The third-order valence-corrected chi connectivity index (χ3v) is 4.09. The van der Waals surface area contributed by atoms with Crippen LogP contribution in [-0.4, -0.2) is 11.0 Å². The van der Waals surface area contributed by atoms with Crippen molar-refractivity contribution in [3.05, 3.63) is 77.6 Å². The molecule has 0 radical (unpaired) electrons. The van der Waals surface area contributed by atoms with Gasteiger partial charge in [0.2, 0.25) is 0 Å². The van der Waals surface area contributed by atoms with E-state index < -0.39 is 5.60 Å². The standard InChI is InChI=1S/C20H19NO2/c1-14-8-9-18(17-7-5-4-6-16(14)17)19(22)23-20(2,3)15-10-12-21-13-11-15/h4-13H,1-3H3. The van der Waals surface area contributed by atoms with Crippen molar-refractivity contribution in [1.29, 1.82) is 0 Å². The molecule has 0 aliphatic rings. The molecule has 0 spiro atoms. The van der Waals surface area contributed by atoms with Crippen molar-refractivity contribution < 1.29 is 9.53 Å². The van der Waals surface area contributed by atoms with Crippen LogP contribution >= 0.6 is 0 Å². The van der Waals surface area contributed by atoms with Gasteiger partial charge in [-0.05, 0) is 60.9 Å². The summed E-state index contributed by atoms with van der Waals surface area (Å²) in [5.74, 6) is -0.317. The maximum absolute atomic E-state index is 12.7. The lowest BCUT2D eigenvalue weighted by molar-refractivity contribution is -0.00293. The molecular formula is C20H19NO2. The highest BCUT2D eigenvalue weighted by Gasteiger charge is 2.26. The molecule has 23 heavy (non-hydrogen) atoms. The number of benzene rings is 2. The second-order valence-electron chi connectivity index (χ2n) is 6.11. The van der Waals surface area contributed by atoms with Crippen LogP contribution in [-0.2, 0) is 10.3 Å². The Morgan fingerprint density at radius 1 is 0.957 bits per heavy atom. The predicted molar refractivity (Wildman–Crippen MR) is 91.4 cm³/mol. The van der Waals surface area contributed by atoms with E-state index in [9.17, 15) is 4.79 Å². The number of ether oxygens (including phenoxy) is 1. The molecule has 1 heterocycles. The molecular weight excluding hydrogens is 286 g/mol. The minimum Gasteiger partial charge on any atom is -0.451 e. The summed E-state index contributed by atoms with van der Waals surface area (Å²) >= 11 is 0. The van der Waals surface area contributed by atoms with Gasteiger partial charge in [-0.2, -0.15) is 0 Å². The van der Waals surface area contributed by atoms with Crippen LogP contribution in [0.3, 0.4) is 0 Å². The van der Waals surface area contributed by atoms with Crippen LogP contribution in [0.1, 0.15) is 35.3 Å². The lowest BCUT2D eigenvalue weighted by Gasteiger charge is -2.26. The van der Waals surface area contributed by atoms with E-state index in [0.717, 1.165) is 21.9 Å². The Balaban J connectivity index is 1.97. The maximum Gasteiger partial charge on any atom is 0.339 e. The fourth-order valence-electron chi connectivity index (χ4n) is 2.73. The molecule has 3 aromatic rings. The lowest BCUT2D eigenvalue weighted by atomic mass is 9.98. The van der Waals surface area contributed by atoms with Crippen LogP contribution in [0, 0.1) is 6.92 Å². The van der Waals surface area contributed by atoms with Crippen LogP contribution < -0.4 is 0 Å². The predicted octanol–water partition coefficient (Wildman–Crippen LogP) is 4.64. The van der Waals surface area contributed by atoms with E-state index in [4.69, 9.17) is 4.74 Å². The minimum atomic E-state index is -0.716. The highest BCUT2D eigenvalue weighted by molar-refractivity contribution is 6.05. The summed E-state index contributed by atoms with van der Waals surface area (Å²) in [5.41, 5.74) is 1.93. The van der Waals surface area contributed by atoms with Gasteiger partial charge in [-0.25, -0.2) is 4.79 Å². The molecule has 3 heteroatoms. The van der Waals surface area contributed by atoms with E-state index >= 15 is 0 Å². The number of aryl methyl sites for hydroxylation is 1. The van der Waals surface area contributed by atoms with Gasteiger partial charge >= 0.3 is 5.97 Å². The second kappa shape index (κ2) is 5.84. The molecule has 0 atom stereocenters. The number of hydrogen-bond donors (Lipinski definition) is 0. The van der Waals surface area contributed by atoms with Crippen LogP contribution in [0.25, 0.3) is 10.8 Å². The fraction of sp³-hybridized carbons (Fsp3) is 0.200. The number of pyridine rings is 1. The summed E-state index contributed by atoms with van der Waals surface area (Å²) in [4.78, 5) is 16.7. The van der Waals surface area contributed by atoms with Gasteiger partial charge in [0.25, 0.3) is 0 Å². The van der Waals surface area contributed by atoms with Gasteiger partial charge < -0.3 is 4.74 Å². The fourth-order valence-corrected chi connectivity index (χ4v) is 2.73. The van der Waals surface area contributed by atoms with E-state index in [2.05, 4.69) is 4.98 Å². The molecule has 0 saturated carbocycles.